The summed E-state index contributed by atoms with van der Waals surface area (Å²) in [6.45, 7) is 0. The van der Waals surface area contributed by atoms with E-state index in [1.54, 1.807) is 4.90 Å². The van der Waals surface area contributed by atoms with Gasteiger partial charge in [0, 0.05) is 23.0 Å². The van der Waals surface area contributed by atoms with E-state index in [0.29, 0.717) is 23.9 Å². The maximum atomic E-state index is 11.1. The Balaban J connectivity index is 1.78. The van der Waals surface area contributed by atoms with Gasteiger partial charge in [0.15, 0.2) is 0 Å². The van der Waals surface area contributed by atoms with E-state index in [-0.39, 0.29) is 6.10 Å². The minimum Gasteiger partial charge on any atom is -0.392 e. The highest BCUT2D eigenvalue weighted by Crippen LogP contribution is 2.44. The van der Waals surface area contributed by atoms with Crippen LogP contribution in [0.1, 0.15) is 42.5 Å². The first-order valence-corrected chi connectivity index (χ1v) is 8.88. The fourth-order valence-electron chi connectivity index (χ4n) is 5.19. The molecule has 1 heterocycles. The van der Waals surface area contributed by atoms with Gasteiger partial charge in [-0.05, 0) is 12.8 Å². The van der Waals surface area contributed by atoms with Crippen molar-refractivity contribution in [3.05, 3.63) is 71.8 Å². The molecule has 2 fully saturated rings. The summed E-state index contributed by atoms with van der Waals surface area (Å²) in [6, 6.07) is 22.4. The topological polar surface area (TPSA) is 24.7 Å². The molecule has 6 atom stereocenters. The fourth-order valence-corrected chi connectivity index (χ4v) is 5.19. The zero-order valence-corrected chi connectivity index (χ0v) is 13.7. The number of aliphatic hydroxyl groups is 1. The van der Waals surface area contributed by atoms with Gasteiger partial charge in [0.05, 0.1) is 13.2 Å². The van der Waals surface area contributed by atoms with Gasteiger partial charge in [-0.2, -0.15) is 0 Å². The summed E-state index contributed by atoms with van der Waals surface area (Å²) >= 11 is 0. The van der Waals surface area contributed by atoms with Crippen LogP contribution in [0.5, 0.6) is 0 Å². The van der Waals surface area contributed by atoms with Crippen molar-refractivity contribution in [2.24, 2.45) is 11.8 Å². The first-order valence-electron chi connectivity index (χ1n) is 8.88. The molecule has 1 aliphatic heterocycles. The molecule has 0 amide bonds. The van der Waals surface area contributed by atoms with E-state index in [9.17, 15) is 5.11 Å². The Morgan fingerprint density at radius 2 is 1.22 bits per heavy atom. The molecule has 2 unspecified atom stereocenters. The smallest absolute Gasteiger partial charge is 0.119 e. The normalized spacial score (nSPS) is 36.6. The Kier molecular flexibility index (Phi) is 3.96. The van der Waals surface area contributed by atoms with Crippen LogP contribution in [-0.2, 0) is 0 Å². The van der Waals surface area contributed by atoms with Gasteiger partial charge in [0.2, 0.25) is 0 Å². The molecule has 0 aromatic heterocycles. The number of hydrogen-bond acceptors (Lipinski definition) is 1. The summed E-state index contributed by atoms with van der Waals surface area (Å²) in [5.74, 6) is 0.771. The van der Waals surface area contributed by atoms with E-state index in [0.717, 1.165) is 12.8 Å². The lowest BCUT2D eigenvalue weighted by Crippen LogP contribution is -3.13. The number of rotatable bonds is 2. The molecule has 2 N–H and O–H groups in total. The lowest BCUT2D eigenvalue weighted by Gasteiger charge is -2.51. The SMILES string of the molecule is C[NH+]1[C@@H](c2ccccc2)[C@@H]2CCC[C@@H](C2O)[C@@H]1c1ccccc1. The van der Waals surface area contributed by atoms with Gasteiger partial charge < -0.3 is 10.0 Å². The Bertz CT molecular complexity index is 586. The van der Waals surface area contributed by atoms with Gasteiger partial charge in [-0.3, -0.25) is 0 Å². The Morgan fingerprint density at radius 1 is 0.783 bits per heavy atom. The van der Waals surface area contributed by atoms with E-state index in [1.165, 1.54) is 17.5 Å². The zero-order valence-electron chi connectivity index (χ0n) is 13.7. The standard InChI is InChI=1S/C21H25NO/c1-22-19(15-9-4-2-5-10-15)17-13-8-14-18(21(17)23)20(22)16-11-6-3-7-12-16/h2-7,9-12,17-21,23H,8,13-14H2,1H3/p+1/t17-,18+,19-,20-,21?/m0/s1. The molecule has 2 aliphatic rings. The van der Waals surface area contributed by atoms with Crippen molar-refractivity contribution in [1.82, 2.24) is 0 Å². The Labute approximate surface area is 138 Å². The number of hydrogen-bond donors (Lipinski definition) is 2. The maximum Gasteiger partial charge on any atom is 0.119 e. The largest absolute Gasteiger partial charge is 0.392 e. The van der Waals surface area contributed by atoms with Gasteiger partial charge >= 0.3 is 0 Å². The minimum atomic E-state index is -0.178. The maximum absolute atomic E-state index is 11.1. The first-order chi connectivity index (χ1) is 11.3. The second-order valence-electron chi connectivity index (χ2n) is 7.27. The molecule has 23 heavy (non-hydrogen) atoms. The average Bonchev–Trinajstić information content (AvgIpc) is 2.59. The van der Waals surface area contributed by atoms with Crippen LogP contribution in [0.3, 0.4) is 0 Å². The molecule has 1 saturated heterocycles. The predicted octanol–water partition coefficient (Wildman–Crippen LogP) is 2.77. The lowest BCUT2D eigenvalue weighted by atomic mass is 9.65. The highest BCUT2D eigenvalue weighted by atomic mass is 16.3. The van der Waals surface area contributed by atoms with Crippen LogP contribution in [0.2, 0.25) is 0 Å². The fraction of sp³-hybridized carbons (Fsp3) is 0.429. The Hall–Kier alpha value is -1.64. The number of likely N-dealkylation sites (tertiary alicyclic amines) is 1. The number of fused-ring (bicyclic) bond motifs is 2. The van der Waals surface area contributed by atoms with E-state index < -0.39 is 0 Å². The van der Waals surface area contributed by atoms with Crippen LogP contribution in [0, 0.1) is 11.8 Å². The summed E-state index contributed by atoms with van der Waals surface area (Å²) in [6.07, 6.45) is 3.36. The summed E-state index contributed by atoms with van der Waals surface area (Å²) in [7, 11) is 2.33. The van der Waals surface area contributed by atoms with Crippen molar-refractivity contribution in [2.45, 2.75) is 37.5 Å². The predicted molar refractivity (Wildman–Crippen MR) is 92.1 cm³/mol. The van der Waals surface area contributed by atoms with Gasteiger partial charge in [0.25, 0.3) is 0 Å². The van der Waals surface area contributed by atoms with Gasteiger partial charge in [-0.1, -0.05) is 67.1 Å². The highest BCUT2D eigenvalue weighted by Gasteiger charge is 2.52. The number of quaternary nitrogens is 1. The van der Waals surface area contributed by atoms with Crippen LogP contribution in [0.4, 0.5) is 0 Å². The highest BCUT2D eigenvalue weighted by molar-refractivity contribution is 5.23. The van der Waals surface area contributed by atoms with Gasteiger partial charge in [0.1, 0.15) is 12.1 Å². The van der Waals surface area contributed by atoms with Crippen molar-refractivity contribution < 1.29 is 10.0 Å². The number of benzene rings is 2. The molecular weight excluding hydrogens is 282 g/mol. The molecule has 2 aromatic rings. The molecule has 2 bridgehead atoms. The van der Waals surface area contributed by atoms with Gasteiger partial charge in [-0.15, -0.1) is 0 Å². The van der Waals surface area contributed by atoms with Crippen LogP contribution in [0.25, 0.3) is 0 Å². The number of nitrogens with one attached hydrogen (secondary N) is 1. The minimum absolute atomic E-state index is 0.178. The third-order valence-corrected chi connectivity index (χ3v) is 6.11. The number of piperidine rings is 1. The lowest BCUT2D eigenvalue weighted by molar-refractivity contribution is -0.961. The van der Waals surface area contributed by atoms with Crippen molar-refractivity contribution >= 4 is 0 Å². The van der Waals surface area contributed by atoms with Crippen molar-refractivity contribution in [3.8, 4) is 0 Å². The number of aliphatic hydroxyl groups excluding tert-OH is 1. The molecule has 0 spiro atoms. The molecule has 2 aromatic carbocycles. The van der Waals surface area contributed by atoms with Crippen LogP contribution < -0.4 is 4.90 Å². The molecule has 1 aliphatic carbocycles. The zero-order chi connectivity index (χ0) is 15.8. The molecule has 1 saturated carbocycles. The van der Waals surface area contributed by atoms with Crippen molar-refractivity contribution in [2.75, 3.05) is 7.05 Å². The second-order valence-corrected chi connectivity index (χ2v) is 7.27. The van der Waals surface area contributed by atoms with Crippen LogP contribution in [0.15, 0.2) is 60.7 Å². The van der Waals surface area contributed by atoms with E-state index in [1.807, 2.05) is 0 Å². The van der Waals surface area contributed by atoms with Gasteiger partial charge in [-0.25, -0.2) is 0 Å². The van der Waals surface area contributed by atoms with Crippen LogP contribution >= 0.6 is 0 Å². The molecular formula is C21H26NO+. The molecule has 120 valence electrons. The first kappa shape index (κ1) is 14.9. The van der Waals surface area contributed by atoms with Crippen LogP contribution in [-0.4, -0.2) is 18.3 Å². The summed E-state index contributed by atoms with van der Waals surface area (Å²) in [5.41, 5.74) is 2.74. The van der Waals surface area contributed by atoms with Crippen molar-refractivity contribution in [1.29, 1.82) is 0 Å². The summed E-state index contributed by atoms with van der Waals surface area (Å²) in [5, 5.41) is 11.1. The quantitative estimate of drug-likeness (QED) is 0.876. The molecule has 2 heteroatoms. The molecule has 0 radical (unpaired) electrons. The van der Waals surface area contributed by atoms with E-state index in [2.05, 4.69) is 67.7 Å². The monoisotopic (exact) mass is 308 g/mol. The molecule has 2 nitrogen and oxygen atoms in total. The third-order valence-electron chi connectivity index (χ3n) is 6.11. The van der Waals surface area contributed by atoms with Crippen molar-refractivity contribution in [3.63, 3.8) is 0 Å². The van der Waals surface area contributed by atoms with E-state index in [4.69, 9.17) is 0 Å². The summed E-state index contributed by atoms with van der Waals surface area (Å²) < 4.78 is 0. The molecule has 4 rings (SSSR count). The third kappa shape index (κ3) is 2.50. The Morgan fingerprint density at radius 3 is 1.65 bits per heavy atom. The summed E-state index contributed by atoms with van der Waals surface area (Å²) in [4.78, 5) is 1.54. The van der Waals surface area contributed by atoms with E-state index >= 15 is 0 Å². The average molecular weight is 308 g/mol. The second kappa shape index (κ2) is 6.10.